The fourth-order valence-corrected chi connectivity index (χ4v) is 5.08. The first-order valence-electron chi connectivity index (χ1n) is 7.54. The molecule has 1 aromatic heterocycles. The summed E-state index contributed by atoms with van der Waals surface area (Å²) >= 11 is 5.39. The van der Waals surface area contributed by atoms with Gasteiger partial charge in [0.25, 0.3) is 0 Å². The van der Waals surface area contributed by atoms with Crippen LogP contribution in [0.5, 0.6) is 0 Å². The third-order valence-electron chi connectivity index (χ3n) is 4.60. The molecule has 0 spiro atoms. The molecule has 3 rings (SSSR count). The van der Waals surface area contributed by atoms with Crippen LogP contribution in [0.25, 0.3) is 0 Å². The van der Waals surface area contributed by atoms with E-state index in [-0.39, 0.29) is 0 Å². The molecule has 2 aliphatic rings. The summed E-state index contributed by atoms with van der Waals surface area (Å²) in [5.74, 6) is 0.851. The average Bonchev–Trinajstić information content (AvgIpc) is 3.06. The van der Waals surface area contributed by atoms with E-state index in [4.69, 9.17) is 0 Å². The van der Waals surface area contributed by atoms with Gasteiger partial charge in [-0.3, -0.25) is 0 Å². The molecule has 1 aromatic rings. The van der Waals surface area contributed by atoms with Crippen LogP contribution in [0, 0.1) is 5.92 Å². The van der Waals surface area contributed by atoms with Gasteiger partial charge in [-0.1, -0.05) is 12.8 Å². The van der Waals surface area contributed by atoms with Gasteiger partial charge in [-0.2, -0.15) is 0 Å². The molecule has 2 nitrogen and oxygen atoms in total. The normalized spacial score (nSPS) is 31.7. The average molecular weight is 343 g/mol. The van der Waals surface area contributed by atoms with Crippen LogP contribution in [0.3, 0.4) is 0 Å². The molecule has 0 aromatic carbocycles. The summed E-state index contributed by atoms with van der Waals surface area (Å²) in [6.07, 6.45) is 8.32. The number of hydrogen-bond acceptors (Lipinski definition) is 3. The molecule has 0 bridgehead atoms. The maximum Gasteiger partial charge on any atom is 0.0701 e. The minimum Gasteiger partial charge on any atom is -0.314 e. The SMILES string of the molecule is Brc1ccc(CNC2CCCC2C2CCCCN2)s1. The van der Waals surface area contributed by atoms with E-state index in [0.29, 0.717) is 0 Å². The molecular formula is C15H23BrN2S. The third kappa shape index (κ3) is 3.60. The Morgan fingerprint density at radius 3 is 2.89 bits per heavy atom. The topological polar surface area (TPSA) is 24.1 Å². The van der Waals surface area contributed by atoms with Crippen molar-refractivity contribution < 1.29 is 0 Å². The Morgan fingerprint density at radius 1 is 1.21 bits per heavy atom. The minimum absolute atomic E-state index is 0.719. The van der Waals surface area contributed by atoms with Crippen LogP contribution in [-0.2, 0) is 6.54 Å². The smallest absolute Gasteiger partial charge is 0.0701 e. The molecule has 2 N–H and O–H groups in total. The van der Waals surface area contributed by atoms with E-state index in [1.807, 2.05) is 11.3 Å². The molecule has 2 fully saturated rings. The van der Waals surface area contributed by atoms with Gasteiger partial charge < -0.3 is 10.6 Å². The van der Waals surface area contributed by atoms with Crippen molar-refractivity contribution in [3.63, 3.8) is 0 Å². The first-order valence-corrected chi connectivity index (χ1v) is 9.15. The van der Waals surface area contributed by atoms with Crippen LogP contribution in [0.2, 0.25) is 0 Å². The number of halogens is 1. The van der Waals surface area contributed by atoms with Crippen LogP contribution < -0.4 is 10.6 Å². The van der Waals surface area contributed by atoms with E-state index in [2.05, 4.69) is 38.7 Å². The molecule has 3 atom stereocenters. The number of thiophene rings is 1. The van der Waals surface area contributed by atoms with Crippen LogP contribution >= 0.6 is 27.3 Å². The van der Waals surface area contributed by atoms with Crippen LogP contribution in [0.15, 0.2) is 15.9 Å². The predicted octanol–water partition coefficient (Wildman–Crippen LogP) is 3.91. The first-order chi connectivity index (χ1) is 9.33. The molecule has 1 saturated heterocycles. The van der Waals surface area contributed by atoms with E-state index in [1.54, 1.807) is 0 Å². The highest BCUT2D eigenvalue weighted by molar-refractivity contribution is 9.11. The highest BCUT2D eigenvalue weighted by atomic mass is 79.9. The van der Waals surface area contributed by atoms with Gasteiger partial charge in [0, 0.05) is 23.5 Å². The monoisotopic (exact) mass is 342 g/mol. The summed E-state index contributed by atoms with van der Waals surface area (Å²) in [4.78, 5) is 1.44. The van der Waals surface area contributed by atoms with Gasteiger partial charge >= 0.3 is 0 Å². The van der Waals surface area contributed by atoms with Crippen LogP contribution in [0.1, 0.15) is 43.4 Å². The second kappa shape index (κ2) is 6.70. The van der Waals surface area contributed by atoms with Gasteiger partial charge in [0.1, 0.15) is 0 Å². The lowest BCUT2D eigenvalue weighted by Gasteiger charge is -2.33. The highest BCUT2D eigenvalue weighted by Crippen LogP contribution is 2.32. The maximum atomic E-state index is 3.81. The summed E-state index contributed by atoms with van der Waals surface area (Å²) < 4.78 is 1.24. The van der Waals surface area contributed by atoms with Crippen LogP contribution in [0.4, 0.5) is 0 Å². The zero-order chi connectivity index (χ0) is 13.1. The lowest BCUT2D eigenvalue weighted by atomic mass is 9.88. The van der Waals surface area contributed by atoms with Gasteiger partial charge in [-0.25, -0.2) is 0 Å². The Bertz CT molecular complexity index is 401. The maximum absolute atomic E-state index is 3.81. The van der Waals surface area contributed by atoms with Crippen molar-refractivity contribution in [2.45, 2.75) is 57.2 Å². The predicted molar refractivity (Wildman–Crippen MR) is 85.6 cm³/mol. The zero-order valence-corrected chi connectivity index (χ0v) is 13.7. The third-order valence-corrected chi connectivity index (χ3v) is 6.23. The highest BCUT2D eigenvalue weighted by Gasteiger charge is 2.33. The first kappa shape index (κ1) is 14.1. The van der Waals surface area contributed by atoms with Crippen molar-refractivity contribution in [1.29, 1.82) is 0 Å². The fourth-order valence-electron chi connectivity index (χ4n) is 3.65. The van der Waals surface area contributed by atoms with E-state index >= 15 is 0 Å². The number of rotatable bonds is 4. The number of piperidine rings is 1. The summed E-state index contributed by atoms with van der Waals surface area (Å²) in [5.41, 5.74) is 0. The number of nitrogens with one attached hydrogen (secondary N) is 2. The fraction of sp³-hybridized carbons (Fsp3) is 0.733. The summed E-state index contributed by atoms with van der Waals surface area (Å²) in [6, 6.07) is 5.86. The second-order valence-corrected chi connectivity index (χ2v) is 8.39. The van der Waals surface area contributed by atoms with Crippen molar-refractivity contribution in [2.75, 3.05) is 6.54 Å². The lowest BCUT2D eigenvalue weighted by molar-refractivity contribution is 0.257. The van der Waals surface area contributed by atoms with Crippen molar-refractivity contribution in [3.8, 4) is 0 Å². The molecule has 1 aliphatic heterocycles. The standard InChI is InChI=1S/C15H23BrN2S/c16-15-8-7-11(19-15)10-18-14-6-3-4-12(14)13-5-1-2-9-17-13/h7-8,12-14,17-18H,1-6,9-10H2. The molecule has 106 valence electrons. The van der Waals surface area contributed by atoms with Crippen molar-refractivity contribution in [1.82, 2.24) is 10.6 Å². The Kier molecular flexibility index (Phi) is 4.96. The van der Waals surface area contributed by atoms with E-state index in [1.165, 1.54) is 53.7 Å². The van der Waals surface area contributed by atoms with Gasteiger partial charge in [0.05, 0.1) is 3.79 Å². The quantitative estimate of drug-likeness (QED) is 0.866. The Morgan fingerprint density at radius 2 is 2.16 bits per heavy atom. The van der Waals surface area contributed by atoms with E-state index < -0.39 is 0 Å². The van der Waals surface area contributed by atoms with E-state index in [0.717, 1.165) is 24.5 Å². The Labute approximate surface area is 128 Å². The molecule has 3 unspecified atom stereocenters. The number of hydrogen-bond donors (Lipinski definition) is 2. The van der Waals surface area contributed by atoms with Gasteiger partial charge in [0.15, 0.2) is 0 Å². The summed E-state index contributed by atoms with van der Waals surface area (Å²) in [7, 11) is 0. The molecule has 0 radical (unpaired) electrons. The molecule has 4 heteroatoms. The summed E-state index contributed by atoms with van der Waals surface area (Å²) in [6.45, 7) is 2.26. The molecule has 1 saturated carbocycles. The molecule has 19 heavy (non-hydrogen) atoms. The molecule has 0 amide bonds. The molecular weight excluding hydrogens is 320 g/mol. The van der Waals surface area contributed by atoms with Gasteiger partial charge in [-0.15, -0.1) is 11.3 Å². The largest absolute Gasteiger partial charge is 0.314 e. The van der Waals surface area contributed by atoms with Gasteiger partial charge in [0.2, 0.25) is 0 Å². The molecule has 2 heterocycles. The van der Waals surface area contributed by atoms with Crippen molar-refractivity contribution in [2.24, 2.45) is 5.92 Å². The summed E-state index contributed by atoms with van der Waals surface area (Å²) in [5, 5.41) is 7.56. The minimum atomic E-state index is 0.719. The molecule has 1 aliphatic carbocycles. The van der Waals surface area contributed by atoms with Crippen LogP contribution in [-0.4, -0.2) is 18.6 Å². The second-order valence-electron chi connectivity index (χ2n) is 5.84. The Balaban J connectivity index is 1.54. The van der Waals surface area contributed by atoms with Crippen molar-refractivity contribution >= 4 is 27.3 Å². The zero-order valence-electron chi connectivity index (χ0n) is 11.3. The van der Waals surface area contributed by atoms with E-state index in [9.17, 15) is 0 Å². The lowest BCUT2D eigenvalue weighted by Crippen LogP contribution is -2.46. The Hall–Kier alpha value is 0.1000. The van der Waals surface area contributed by atoms with Gasteiger partial charge in [-0.05, 0) is 66.2 Å². The van der Waals surface area contributed by atoms with Crippen molar-refractivity contribution in [3.05, 3.63) is 20.8 Å².